The number of anilines is 2. The Labute approximate surface area is 182 Å². The van der Waals surface area contributed by atoms with Crippen molar-refractivity contribution in [2.45, 2.75) is 32.6 Å². The molecule has 2 aromatic rings. The average molecular weight is 420 g/mol. The van der Waals surface area contributed by atoms with E-state index < -0.39 is 11.8 Å². The number of rotatable bonds is 4. The number of carbonyl (C=O) groups is 2. The summed E-state index contributed by atoms with van der Waals surface area (Å²) in [5.41, 5.74) is 3.88. The molecule has 154 valence electrons. The van der Waals surface area contributed by atoms with Crippen LogP contribution in [0.1, 0.15) is 37.3 Å². The first-order valence-electron chi connectivity index (χ1n) is 10.4. The van der Waals surface area contributed by atoms with Gasteiger partial charge in [0.25, 0.3) is 11.8 Å². The van der Waals surface area contributed by atoms with Gasteiger partial charge in [0.2, 0.25) is 0 Å². The van der Waals surface area contributed by atoms with Crippen LogP contribution in [0, 0.1) is 0 Å². The highest BCUT2D eigenvalue weighted by Crippen LogP contribution is 2.24. The summed E-state index contributed by atoms with van der Waals surface area (Å²) >= 11 is 5.27. The van der Waals surface area contributed by atoms with E-state index in [0.29, 0.717) is 5.69 Å². The van der Waals surface area contributed by atoms with Gasteiger partial charge in [-0.25, -0.2) is 0 Å². The molecule has 5 nitrogen and oxygen atoms in total. The molecule has 0 bridgehead atoms. The van der Waals surface area contributed by atoms with Crippen molar-refractivity contribution in [3.8, 4) is 0 Å². The van der Waals surface area contributed by atoms with Crippen molar-refractivity contribution in [2.24, 2.45) is 0 Å². The zero-order valence-corrected chi connectivity index (χ0v) is 17.9. The van der Waals surface area contributed by atoms with Gasteiger partial charge >= 0.3 is 0 Å². The summed E-state index contributed by atoms with van der Waals surface area (Å²) in [6, 6.07) is 15.6. The molecule has 0 aliphatic carbocycles. The molecule has 0 unspecified atom stereocenters. The topological polar surface area (TPSA) is 52.7 Å². The number of amides is 2. The van der Waals surface area contributed by atoms with Gasteiger partial charge in [0.1, 0.15) is 5.57 Å². The molecule has 2 heterocycles. The van der Waals surface area contributed by atoms with Gasteiger partial charge in [-0.2, -0.15) is 0 Å². The molecule has 0 radical (unpaired) electrons. The zero-order valence-electron chi connectivity index (χ0n) is 17.1. The quantitative estimate of drug-likeness (QED) is 0.461. The highest BCUT2D eigenvalue weighted by Gasteiger charge is 2.34. The van der Waals surface area contributed by atoms with Crippen molar-refractivity contribution in [3.05, 3.63) is 65.2 Å². The second-order valence-corrected chi connectivity index (χ2v) is 8.00. The lowest BCUT2D eigenvalue weighted by Crippen LogP contribution is -2.54. The summed E-state index contributed by atoms with van der Waals surface area (Å²) in [5.74, 6) is -0.875. The van der Waals surface area contributed by atoms with E-state index in [9.17, 15) is 9.59 Å². The number of hydrogen-bond donors (Lipinski definition) is 1. The van der Waals surface area contributed by atoms with Gasteiger partial charge in [-0.3, -0.25) is 19.8 Å². The number of nitrogens with zero attached hydrogens (tertiary/aromatic N) is 2. The Hall–Kier alpha value is -2.99. The molecular weight excluding hydrogens is 394 g/mol. The number of piperidine rings is 1. The lowest BCUT2D eigenvalue weighted by atomic mass is 10.1. The zero-order chi connectivity index (χ0) is 21.1. The first kappa shape index (κ1) is 20.3. The van der Waals surface area contributed by atoms with Gasteiger partial charge in [-0.05, 0) is 79.4 Å². The van der Waals surface area contributed by atoms with E-state index >= 15 is 0 Å². The van der Waals surface area contributed by atoms with Crippen LogP contribution in [-0.4, -0.2) is 30.0 Å². The first-order chi connectivity index (χ1) is 14.6. The van der Waals surface area contributed by atoms with E-state index in [2.05, 4.69) is 29.3 Å². The fourth-order valence-electron chi connectivity index (χ4n) is 3.87. The summed E-state index contributed by atoms with van der Waals surface area (Å²) < 4.78 is 0. The molecule has 2 aliphatic rings. The molecule has 2 amide bonds. The van der Waals surface area contributed by atoms with Gasteiger partial charge in [0.15, 0.2) is 5.11 Å². The highest BCUT2D eigenvalue weighted by molar-refractivity contribution is 7.80. The minimum absolute atomic E-state index is 0.0777. The van der Waals surface area contributed by atoms with E-state index in [1.54, 1.807) is 6.08 Å². The Morgan fingerprint density at radius 3 is 2.20 bits per heavy atom. The number of nitrogens with one attached hydrogen (secondary N) is 1. The molecule has 0 aromatic heterocycles. The lowest BCUT2D eigenvalue weighted by Gasteiger charge is -2.29. The maximum atomic E-state index is 13.1. The molecule has 0 spiro atoms. The van der Waals surface area contributed by atoms with E-state index in [1.165, 1.54) is 35.4 Å². The third-order valence-electron chi connectivity index (χ3n) is 5.63. The molecule has 2 fully saturated rings. The van der Waals surface area contributed by atoms with Crippen LogP contribution in [0.15, 0.2) is 54.1 Å². The predicted molar refractivity (Wildman–Crippen MR) is 125 cm³/mol. The number of aryl methyl sites for hydroxylation is 1. The second-order valence-electron chi connectivity index (χ2n) is 7.62. The Morgan fingerprint density at radius 2 is 1.57 bits per heavy atom. The number of carbonyl (C=O) groups excluding carboxylic acids is 2. The van der Waals surface area contributed by atoms with Gasteiger partial charge < -0.3 is 4.90 Å². The molecule has 30 heavy (non-hydrogen) atoms. The van der Waals surface area contributed by atoms with Crippen molar-refractivity contribution >= 4 is 46.6 Å². The molecule has 2 aliphatic heterocycles. The van der Waals surface area contributed by atoms with Crippen LogP contribution in [0.5, 0.6) is 0 Å². The molecule has 1 N–H and O–H groups in total. The number of hydrogen-bond acceptors (Lipinski definition) is 4. The van der Waals surface area contributed by atoms with Crippen molar-refractivity contribution in [3.63, 3.8) is 0 Å². The van der Waals surface area contributed by atoms with Crippen molar-refractivity contribution in [2.75, 3.05) is 22.9 Å². The van der Waals surface area contributed by atoms with Crippen LogP contribution in [0.4, 0.5) is 11.4 Å². The van der Waals surface area contributed by atoms with E-state index in [0.717, 1.165) is 25.1 Å². The van der Waals surface area contributed by atoms with Gasteiger partial charge in [-0.15, -0.1) is 0 Å². The molecule has 6 heteroatoms. The SMILES string of the molecule is CCc1ccc(N2C(=O)/C(=C\c3ccc(N4CCCCC4)cc3)C(=O)NC2=S)cc1. The normalized spacial score (nSPS) is 18.7. The van der Waals surface area contributed by atoms with Crippen molar-refractivity contribution < 1.29 is 9.59 Å². The standard InChI is InChI=1S/C24H25N3O2S/c1-2-17-6-12-20(13-7-17)27-23(29)21(22(28)25-24(27)30)16-18-8-10-19(11-9-18)26-14-4-3-5-15-26/h6-13,16H,2-5,14-15H2,1H3,(H,25,28,30)/b21-16-. The maximum Gasteiger partial charge on any atom is 0.270 e. The Balaban J connectivity index is 1.58. The van der Waals surface area contributed by atoms with E-state index in [-0.39, 0.29) is 10.7 Å². The maximum absolute atomic E-state index is 13.1. The number of thiocarbonyl (C=S) groups is 1. The molecule has 0 saturated carbocycles. The Bertz CT molecular complexity index is 990. The second kappa shape index (κ2) is 8.79. The average Bonchev–Trinajstić information content (AvgIpc) is 2.78. The van der Waals surface area contributed by atoms with Crippen molar-refractivity contribution in [1.29, 1.82) is 0 Å². The third kappa shape index (κ3) is 4.14. The molecule has 2 saturated heterocycles. The fourth-order valence-corrected chi connectivity index (χ4v) is 4.15. The van der Waals surface area contributed by atoms with Crippen LogP contribution in [0.3, 0.4) is 0 Å². The van der Waals surface area contributed by atoms with Crippen LogP contribution in [0.2, 0.25) is 0 Å². The molecule has 4 rings (SSSR count). The Kier molecular flexibility index (Phi) is 5.95. The summed E-state index contributed by atoms with van der Waals surface area (Å²) in [5, 5.41) is 2.74. The Morgan fingerprint density at radius 1 is 0.933 bits per heavy atom. The van der Waals surface area contributed by atoms with E-state index in [4.69, 9.17) is 12.2 Å². The summed E-state index contributed by atoms with van der Waals surface area (Å²) in [6.45, 7) is 4.22. The van der Waals surface area contributed by atoms with E-state index in [1.807, 2.05) is 36.4 Å². The minimum Gasteiger partial charge on any atom is -0.372 e. The number of benzene rings is 2. The summed E-state index contributed by atoms with van der Waals surface area (Å²) in [4.78, 5) is 29.4. The van der Waals surface area contributed by atoms with Gasteiger partial charge in [-0.1, -0.05) is 31.2 Å². The van der Waals surface area contributed by atoms with Crippen LogP contribution >= 0.6 is 12.2 Å². The van der Waals surface area contributed by atoms with Gasteiger partial charge in [0, 0.05) is 18.8 Å². The summed E-state index contributed by atoms with van der Waals surface area (Å²) in [7, 11) is 0. The fraction of sp³-hybridized carbons (Fsp3) is 0.292. The molecule has 0 atom stereocenters. The lowest BCUT2D eigenvalue weighted by molar-refractivity contribution is -0.122. The third-order valence-corrected chi connectivity index (χ3v) is 5.91. The first-order valence-corrected chi connectivity index (χ1v) is 10.8. The minimum atomic E-state index is -0.466. The van der Waals surface area contributed by atoms with Crippen LogP contribution < -0.4 is 15.1 Å². The highest BCUT2D eigenvalue weighted by atomic mass is 32.1. The smallest absolute Gasteiger partial charge is 0.270 e. The van der Waals surface area contributed by atoms with Crippen molar-refractivity contribution in [1.82, 2.24) is 5.32 Å². The van der Waals surface area contributed by atoms with Gasteiger partial charge in [0.05, 0.1) is 5.69 Å². The molecular formula is C24H25N3O2S. The van der Waals surface area contributed by atoms with Crippen LogP contribution in [0.25, 0.3) is 6.08 Å². The predicted octanol–water partition coefficient (Wildman–Crippen LogP) is 4.07. The largest absolute Gasteiger partial charge is 0.372 e. The molecule has 2 aromatic carbocycles. The monoisotopic (exact) mass is 419 g/mol. The summed E-state index contributed by atoms with van der Waals surface area (Å²) in [6.07, 6.45) is 6.27. The van der Waals surface area contributed by atoms with Crippen LogP contribution in [-0.2, 0) is 16.0 Å².